The first-order valence-corrected chi connectivity index (χ1v) is 8.61. The zero-order valence-electron chi connectivity index (χ0n) is 14.8. The fourth-order valence-electron chi connectivity index (χ4n) is 3.17. The molecule has 1 aromatic carbocycles. The van der Waals surface area contributed by atoms with Crippen molar-refractivity contribution in [3.8, 4) is 0 Å². The first-order chi connectivity index (χ1) is 12.2. The Balaban J connectivity index is 2.16. The van der Waals surface area contributed by atoms with E-state index in [4.69, 9.17) is 0 Å². The second-order valence-electron chi connectivity index (χ2n) is 6.45. The van der Waals surface area contributed by atoms with E-state index < -0.39 is 18.5 Å². The third kappa shape index (κ3) is 5.09. The van der Waals surface area contributed by atoms with E-state index in [1.807, 2.05) is 0 Å². The van der Waals surface area contributed by atoms with Gasteiger partial charge in [-0.2, -0.15) is 13.2 Å². The molecule has 0 spiro atoms. The standard InChI is InChI=1S/C19H23F3N2O2/c1-3-17(25)23(2)15-10-8-14(9-11-15)18(26)24(13-12-19(20,21)22)16-6-4-5-7-16/h3,8-11,16H,1,4-7,12-13H2,2H3. The minimum atomic E-state index is -4.30. The summed E-state index contributed by atoms with van der Waals surface area (Å²) >= 11 is 0. The highest BCUT2D eigenvalue weighted by molar-refractivity contribution is 6.01. The van der Waals surface area contributed by atoms with Crippen LogP contribution in [0.5, 0.6) is 0 Å². The van der Waals surface area contributed by atoms with E-state index in [0.29, 0.717) is 11.3 Å². The van der Waals surface area contributed by atoms with Gasteiger partial charge in [0.2, 0.25) is 5.91 Å². The summed E-state index contributed by atoms with van der Waals surface area (Å²) in [5.41, 5.74) is 0.899. The van der Waals surface area contributed by atoms with Crippen molar-refractivity contribution < 1.29 is 22.8 Å². The van der Waals surface area contributed by atoms with Crippen molar-refractivity contribution in [1.29, 1.82) is 0 Å². The van der Waals surface area contributed by atoms with Gasteiger partial charge in [-0.05, 0) is 43.2 Å². The van der Waals surface area contributed by atoms with Gasteiger partial charge in [0.25, 0.3) is 5.91 Å². The number of anilines is 1. The summed E-state index contributed by atoms with van der Waals surface area (Å²) in [6, 6.07) is 6.14. The third-order valence-electron chi connectivity index (χ3n) is 4.67. The van der Waals surface area contributed by atoms with Crippen molar-refractivity contribution in [1.82, 2.24) is 4.90 Å². The van der Waals surface area contributed by atoms with E-state index in [2.05, 4.69) is 6.58 Å². The Labute approximate surface area is 151 Å². The molecule has 1 fully saturated rings. The Morgan fingerprint density at radius 2 is 1.77 bits per heavy atom. The first kappa shape index (κ1) is 20.0. The normalized spacial score (nSPS) is 14.9. The van der Waals surface area contributed by atoms with Crippen molar-refractivity contribution in [2.24, 2.45) is 0 Å². The van der Waals surface area contributed by atoms with Gasteiger partial charge in [0.15, 0.2) is 0 Å². The first-order valence-electron chi connectivity index (χ1n) is 8.61. The van der Waals surface area contributed by atoms with Crippen LogP contribution in [0.15, 0.2) is 36.9 Å². The van der Waals surface area contributed by atoms with Gasteiger partial charge in [-0.3, -0.25) is 9.59 Å². The van der Waals surface area contributed by atoms with Crippen molar-refractivity contribution in [3.63, 3.8) is 0 Å². The molecule has 0 radical (unpaired) electrons. The van der Waals surface area contributed by atoms with Crippen LogP contribution in [0.1, 0.15) is 42.5 Å². The number of hydrogen-bond acceptors (Lipinski definition) is 2. The Hall–Kier alpha value is -2.31. The van der Waals surface area contributed by atoms with Gasteiger partial charge in [-0.15, -0.1) is 0 Å². The van der Waals surface area contributed by atoms with Crippen LogP contribution in [-0.4, -0.2) is 42.5 Å². The molecule has 0 N–H and O–H groups in total. The Morgan fingerprint density at radius 3 is 2.27 bits per heavy atom. The molecule has 7 heteroatoms. The van der Waals surface area contributed by atoms with Gasteiger partial charge in [-0.1, -0.05) is 19.4 Å². The average Bonchev–Trinajstić information content (AvgIpc) is 3.14. The van der Waals surface area contributed by atoms with Gasteiger partial charge >= 0.3 is 6.18 Å². The highest BCUT2D eigenvalue weighted by Gasteiger charge is 2.33. The lowest BCUT2D eigenvalue weighted by Crippen LogP contribution is -2.41. The van der Waals surface area contributed by atoms with E-state index in [9.17, 15) is 22.8 Å². The number of benzene rings is 1. The number of rotatable bonds is 6. The van der Waals surface area contributed by atoms with Crippen LogP contribution in [0.2, 0.25) is 0 Å². The molecule has 0 aromatic heterocycles. The van der Waals surface area contributed by atoms with Crippen LogP contribution in [-0.2, 0) is 4.79 Å². The van der Waals surface area contributed by atoms with Gasteiger partial charge in [0, 0.05) is 30.9 Å². The number of carbonyl (C=O) groups excluding carboxylic acids is 2. The highest BCUT2D eigenvalue weighted by Crippen LogP contribution is 2.28. The molecule has 26 heavy (non-hydrogen) atoms. The number of nitrogens with zero attached hydrogens (tertiary/aromatic N) is 2. The maximum atomic E-state index is 12.8. The quantitative estimate of drug-likeness (QED) is 0.707. The molecular formula is C19H23F3N2O2. The molecule has 1 aliphatic carbocycles. The summed E-state index contributed by atoms with van der Waals surface area (Å²) in [5.74, 6) is -0.688. The van der Waals surface area contributed by atoms with Crippen molar-refractivity contribution in [3.05, 3.63) is 42.5 Å². The van der Waals surface area contributed by atoms with Gasteiger partial charge < -0.3 is 9.80 Å². The molecule has 0 aliphatic heterocycles. The monoisotopic (exact) mass is 368 g/mol. The lowest BCUT2D eigenvalue weighted by molar-refractivity contribution is -0.137. The van der Waals surface area contributed by atoms with Crippen LogP contribution in [0, 0.1) is 0 Å². The molecule has 0 atom stereocenters. The number of alkyl halides is 3. The molecule has 2 rings (SSSR count). The molecule has 4 nitrogen and oxygen atoms in total. The van der Waals surface area contributed by atoms with Crippen LogP contribution >= 0.6 is 0 Å². The molecule has 2 amide bonds. The average molecular weight is 368 g/mol. The van der Waals surface area contributed by atoms with E-state index in [1.165, 1.54) is 15.9 Å². The summed E-state index contributed by atoms with van der Waals surface area (Å²) in [7, 11) is 1.58. The van der Waals surface area contributed by atoms with Crippen LogP contribution in [0.25, 0.3) is 0 Å². The zero-order chi connectivity index (χ0) is 19.3. The lowest BCUT2D eigenvalue weighted by atomic mass is 10.1. The number of halogens is 3. The van der Waals surface area contributed by atoms with E-state index in [1.54, 1.807) is 31.3 Å². The summed E-state index contributed by atoms with van der Waals surface area (Å²) in [5, 5.41) is 0. The molecule has 142 valence electrons. The Bertz CT molecular complexity index is 650. The summed E-state index contributed by atoms with van der Waals surface area (Å²) in [6.07, 6.45) is -0.811. The zero-order valence-corrected chi connectivity index (χ0v) is 14.8. The maximum absolute atomic E-state index is 12.8. The van der Waals surface area contributed by atoms with Gasteiger partial charge in [0.05, 0.1) is 6.42 Å². The Kier molecular flexibility index (Phi) is 6.45. The number of amides is 2. The Morgan fingerprint density at radius 1 is 1.19 bits per heavy atom. The second kappa shape index (κ2) is 8.38. The van der Waals surface area contributed by atoms with Crippen LogP contribution in [0.4, 0.5) is 18.9 Å². The largest absolute Gasteiger partial charge is 0.390 e. The van der Waals surface area contributed by atoms with Crippen molar-refractivity contribution in [2.45, 2.75) is 44.3 Å². The van der Waals surface area contributed by atoms with Crippen molar-refractivity contribution >= 4 is 17.5 Å². The van der Waals surface area contributed by atoms with E-state index >= 15 is 0 Å². The summed E-state index contributed by atoms with van der Waals surface area (Å²) in [6.45, 7) is 3.09. The second-order valence-corrected chi connectivity index (χ2v) is 6.45. The van der Waals surface area contributed by atoms with Gasteiger partial charge in [-0.25, -0.2) is 0 Å². The smallest absolute Gasteiger partial charge is 0.335 e. The molecule has 0 heterocycles. The number of carbonyl (C=O) groups is 2. The molecule has 1 aromatic rings. The molecule has 1 saturated carbocycles. The summed E-state index contributed by atoms with van der Waals surface area (Å²) < 4.78 is 37.9. The predicted molar refractivity (Wildman–Crippen MR) is 94.0 cm³/mol. The molecule has 1 aliphatic rings. The van der Waals surface area contributed by atoms with E-state index in [-0.39, 0.29) is 18.5 Å². The molecule has 0 saturated heterocycles. The van der Waals surface area contributed by atoms with Gasteiger partial charge in [0.1, 0.15) is 0 Å². The third-order valence-corrected chi connectivity index (χ3v) is 4.67. The highest BCUT2D eigenvalue weighted by atomic mass is 19.4. The van der Waals surface area contributed by atoms with Crippen molar-refractivity contribution in [2.75, 3.05) is 18.5 Å². The molecular weight excluding hydrogens is 345 g/mol. The fraction of sp³-hybridized carbons (Fsp3) is 0.474. The maximum Gasteiger partial charge on any atom is 0.390 e. The number of hydrogen-bond donors (Lipinski definition) is 0. The minimum Gasteiger partial charge on any atom is -0.335 e. The predicted octanol–water partition coefficient (Wildman–Crippen LogP) is 4.17. The number of likely N-dealkylation sites (N-methyl/N-ethyl adjacent to an activating group) is 1. The summed E-state index contributed by atoms with van der Waals surface area (Å²) in [4.78, 5) is 27.1. The topological polar surface area (TPSA) is 40.6 Å². The van der Waals surface area contributed by atoms with E-state index in [0.717, 1.165) is 25.7 Å². The van der Waals surface area contributed by atoms with Crippen LogP contribution < -0.4 is 4.90 Å². The van der Waals surface area contributed by atoms with Crippen LogP contribution in [0.3, 0.4) is 0 Å². The minimum absolute atomic E-state index is 0.144. The lowest BCUT2D eigenvalue weighted by Gasteiger charge is -2.29. The SMILES string of the molecule is C=CC(=O)N(C)c1ccc(C(=O)N(CCC(F)(F)F)C2CCCC2)cc1. The fourth-order valence-corrected chi connectivity index (χ4v) is 3.17. The molecule has 0 bridgehead atoms. The molecule has 0 unspecified atom stereocenters.